The highest BCUT2D eigenvalue weighted by Gasteiger charge is 1.99. The van der Waals surface area contributed by atoms with E-state index in [-0.39, 0.29) is 0 Å². The molecule has 0 bridgehead atoms. The SMILES string of the molecule is Cc1ccc(Oc2ccc(Cl)nc2)cc1C. The van der Waals surface area contributed by atoms with Crippen LogP contribution in [0.15, 0.2) is 36.5 Å². The van der Waals surface area contributed by atoms with Gasteiger partial charge in [-0.05, 0) is 49.2 Å². The average Bonchev–Trinajstić information content (AvgIpc) is 2.27. The number of aromatic nitrogens is 1. The van der Waals surface area contributed by atoms with Crippen molar-refractivity contribution in [2.45, 2.75) is 13.8 Å². The van der Waals surface area contributed by atoms with Crippen LogP contribution in [0.4, 0.5) is 0 Å². The third kappa shape index (κ3) is 2.52. The molecular weight excluding hydrogens is 222 g/mol. The number of rotatable bonds is 2. The van der Waals surface area contributed by atoms with Gasteiger partial charge < -0.3 is 4.74 Å². The molecule has 1 aromatic heterocycles. The van der Waals surface area contributed by atoms with Gasteiger partial charge in [-0.25, -0.2) is 4.98 Å². The summed E-state index contributed by atoms with van der Waals surface area (Å²) in [4.78, 5) is 3.96. The van der Waals surface area contributed by atoms with Crippen LogP contribution >= 0.6 is 11.6 Å². The zero-order chi connectivity index (χ0) is 11.5. The van der Waals surface area contributed by atoms with Crippen LogP contribution in [-0.2, 0) is 0 Å². The predicted molar refractivity (Wildman–Crippen MR) is 65.2 cm³/mol. The summed E-state index contributed by atoms with van der Waals surface area (Å²) in [7, 11) is 0. The Bertz CT molecular complexity index is 494. The van der Waals surface area contributed by atoms with Gasteiger partial charge in [0.05, 0.1) is 6.20 Å². The van der Waals surface area contributed by atoms with Crippen LogP contribution in [0.5, 0.6) is 11.5 Å². The number of aryl methyl sites for hydroxylation is 2. The molecule has 0 fully saturated rings. The lowest BCUT2D eigenvalue weighted by Gasteiger charge is -2.07. The molecule has 0 saturated heterocycles. The maximum absolute atomic E-state index is 5.69. The second-order valence-corrected chi connectivity index (χ2v) is 4.05. The van der Waals surface area contributed by atoms with E-state index in [0.717, 1.165) is 5.75 Å². The minimum Gasteiger partial charge on any atom is -0.456 e. The summed E-state index contributed by atoms with van der Waals surface area (Å²) in [5.41, 5.74) is 2.46. The highest BCUT2D eigenvalue weighted by Crippen LogP contribution is 2.23. The van der Waals surface area contributed by atoms with Gasteiger partial charge in [-0.1, -0.05) is 17.7 Å². The number of nitrogens with zero attached hydrogens (tertiary/aromatic N) is 1. The van der Waals surface area contributed by atoms with E-state index in [4.69, 9.17) is 16.3 Å². The highest BCUT2D eigenvalue weighted by atomic mass is 35.5. The Labute approximate surface area is 99.9 Å². The molecule has 0 radical (unpaired) electrons. The van der Waals surface area contributed by atoms with Gasteiger partial charge in [0.15, 0.2) is 0 Å². The molecule has 82 valence electrons. The first kappa shape index (κ1) is 11.0. The van der Waals surface area contributed by atoms with Crippen molar-refractivity contribution < 1.29 is 4.74 Å². The van der Waals surface area contributed by atoms with Crippen LogP contribution in [0.1, 0.15) is 11.1 Å². The van der Waals surface area contributed by atoms with E-state index in [9.17, 15) is 0 Å². The Morgan fingerprint density at radius 2 is 1.75 bits per heavy atom. The molecule has 2 rings (SSSR count). The minimum absolute atomic E-state index is 0.465. The summed E-state index contributed by atoms with van der Waals surface area (Å²) < 4.78 is 5.65. The van der Waals surface area contributed by atoms with Crippen LogP contribution in [0.3, 0.4) is 0 Å². The van der Waals surface area contributed by atoms with Crippen molar-refractivity contribution in [3.05, 3.63) is 52.8 Å². The summed E-state index contributed by atoms with van der Waals surface area (Å²) in [5.74, 6) is 1.50. The number of ether oxygens (including phenoxy) is 1. The van der Waals surface area contributed by atoms with Crippen molar-refractivity contribution in [1.82, 2.24) is 4.98 Å². The molecule has 1 aromatic carbocycles. The van der Waals surface area contributed by atoms with Gasteiger partial charge in [-0.15, -0.1) is 0 Å². The summed E-state index contributed by atoms with van der Waals surface area (Å²) in [6.45, 7) is 4.13. The normalized spacial score (nSPS) is 10.2. The van der Waals surface area contributed by atoms with Crippen molar-refractivity contribution in [1.29, 1.82) is 0 Å². The second kappa shape index (κ2) is 4.54. The molecule has 0 atom stereocenters. The number of hydrogen-bond acceptors (Lipinski definition) is 2. The molecule has 0 aliphatic carbocycles. The lowest BCUT2D eigenvalue weighted by Crippen LogP contribution is -1.87. The highest BCUT2D eigenvalue weighted by molar-refractivity contribution is 6.29. The smallest absolute Gasteiger partial charge is 0.145 e. The van der Waals surface area contributed by atoms with Gasteiger partial charge in [0, 0.05) is 0 Å². The molecule has 2 nitrogen and oxygen atoms in total. The molecule has 16 heavy (non-hydrogen) atoms. The standard InChI is InChI=1S/C13H12ClNO/c1-9-3-4-11(7-10(9)2)16-12-5-6-13(14)15-8-12/h3-8H,1-2H3. The Morgan fingerprint density at radius 1 is 1.00 bits per heavy atom. The van der Waals surface area contributed by atoms with Crippen LogP contribution in [0.2, 0.25) is 5.15 Å². The van der Waals surface area contributed by atoms with Crippen LogP contribution in [0, 0.1) is 13.8 Å². The molecule has 2 aromatic rings. The monoisotopic (exact) mass is 233 g/mol. The first-order valence-corrected chi connectivity index (χ1v) is 5.39. The van der Waals surface area contributed by atoms with E-state index in [1.165, 1.54) is 11.1 Å². The fourth-order valence-electron chi connectivity index (χ4n) is 1.34. The van der Waals surface area contributed by atoms with E-state index >= 15 is 0 Å². The molecule has 0 unspecified atom stereocenters. The van der Waals surface area contributed by atoms with E-state index < -0.39 is 0 Å². The maximum atomic E-state index is 5.69. The van der Waals surface area contributed by atoms with Gasteiger partial charge in [0.25, 0.3) is 0 Å². The molecular formula is C13H12ClNO. The van der Waals surface area contributed by atoms with E-state index in [0.29, 0.717) is 10.9 Å². The van der Waals surface area contributed by atoms with Gasteiger partial charge in [0.1, 0.15) is 16.7 Å². The number of halogens is 1. The summed E-state index contributed by atoms with van der Waals surface area (Å²) in [6.07, 6.45) is 1.61. The van der Waals surface area contributed by atoms with Crippen LogP contribution in [-0.4, -0.2) is 4.98 Å². The minimum atomic E-state index is 0.465. The van der Waals surface area contributed by atoms with Crippen LogP contribution in [0.25, 0.3) is 0 Å². The van der Waals surface area contributed by atoms with Gasteiger partial charge in [-0.2, -0.15) is 0 Å². The third-order valence-corrected chi connectivity index (χ3v) is 2.64. The third-order valence-electron chi connectivity index (χ3n) is 2.41. The van der Waals surface area contributed by atoms with E-state index in [1.54, 1.807) is 18.3 Å². The zero-order valence-corrected chi connectivity index (χ0v) is 9.95. The maximum Gasteiger partial charge on any atom is 0.145 e. The van der Waals surface area contributed by atoms with Crippen molar-refractivity contribution in [3.63, 3.8) is 0 Å². The number of pyridine rings is 1. The van der Waals surface area contributed by atoms with E-state index in [2.05, 4.69) is 18.8 Å². The Hall–Kier alpha value is -1.54. The first-order chi connectivity index (χ1) is 7.65. The zero-order valence-electron chi connectivity index (χ0n) is 9.20. The van der Waals surface area contributed by atoms with E-state index in [1.807, 2.05) is 18.2 Å². The molecule has 3 heteroatoms. The first-order valence-electron chi connectivity index (χ1n) is 5.02. The predicted octanol–water partition coefficient (Wildman–Crippen LogP) is 4.14. The molecule has 1 heterocycles. The lowest BCUT2D eigenvalue weighted by molar-refractivity contribution is 0.480. The van der Waals surface area contributed by atoms with Crippen molar-refractivity contribution in [3.8, 4) is 11.5 Å². The Morgan fingerprint density at radius 3 is 2.38 bits per heavy atom. The largest absolute Gasteiger partial charge is 0.456 e. The quantitative estimate of drug-likeness (QED) is 0.728. The fraction of sp³-hybridized carbons (Fsp3) is 0.154. The fourth-order valence-corrected chi connectivity index (χ4v) is 1.45. The molecule has 0 amide bonds. The lowest BCUT2D eigenvalue weighted by atomic mass is 10.1. The van der Waals surface area contributed by atoms with Crippen molar-refractivity contribution in [2.75, 3.05) is 0 Å². The molecule has 0 aliphatic heterocycles. The molecule has 0 saturated carbocycles. The van der Waals surface area contributed by atoms with Gasteiger partial charge >= 0.3 is 0 Å². The Kier molecular flexibility index (Phi) is 3.11. The molecule has 0 aliphatic rings. The molecule has 0 N–H and O–H groups in total. The summed E-state index contributed by atoms with van der Waals surface area (Å²) in [5, 5.41) is 0.465. The molecule has 0 spiro atoms. The summed E-state index contributed by atoms with van der Waals surface area (Å²) in [6, 6.07) is 9.48. The topological polar surface area (TPSA) is 22.1 Å². The van der Waals surface area contributed by atoms with Crippen molar-refractivity contribution >= 4 is 11.6 Å². The Balaban J connectivity index is 2.20. The second-order valence-electron chi connectivity index (χ2n) is 3.66. The number of benzene rings is 1. The van der Waals surface area contributed by atoms with Crippen molar-refractivity contribution in [2.24, 2.45) is 0 Å². The average molecular weight is 234 g/mol. The van der Waals surface area contributed by atoms with Gasteiger partial charge in [-0.3, -0.25) is 0 Å². The summed E-state index contributed by atoms with van der Waals surface area (Å²) >= 11 is 5.69. The number of hydrogen-bond donors (Lipinski definition) is 0. The van der Waals surface area contributed by atoms with Crippen LogP contribution < -0.4 is 4.74 Å². The van der Waals surface area contributed by atoms with Gasteiger partial charge in [0.2, 0.25) is 0 Å².